The van der Waals surface area contributed by atoms with Crippen LogP contribution >= 0.6 is 0 Å². The minimum absolute atomic E-state index is 0.0185. The zero-order valence-corrected chi connectivity index (χ0v) is 14.4. The van der Waals surface area contributed by atoms with Crippen molar-refractivity contribution >= 4 is 0 Å². The lowest BCUT2D eigenvalue weighted by molar-refractivity contribution is 0.696. The Morgan fingerprint density at radius 1 is 0.400 bits per heavy atom. The standard InChI is InChI=1S/C4H13N3.3C2H8N4/c5-1-3-7-4-2-6;3*3-1(4)2(5)6/h7H,1-6H2;3*3-6H2. The molecular weight excluding hydrogens is 330 g/mol. The molecule has 0 aromatic carbocycles. The Morgan fingerprint density at radius 3 is 0.640 bits per heavy atom. The highest BCUT2D eigenvalue weighted by Gasteiger charge is 1.79. The van der Waals surface area contributed by atoms with Gasteiger partial charge in [-0.25, -0.2) is 0 Å². The molecule has 15 nitrogen and oxygen atoms in total. The molecule has 0 atom stereocenters. The SMILES string of the molecule is NC(N)=C(N)N.NC(N)=C(N)N.NC(N)=C(N)N.NCCNCCN. The number of hydrogen-bond acceptors (Lipinski definition) is 15. The van der Waals surface area contributed by atoms with Gasteiger partial charge in [-0.05, 0) is 0 Å². The summed E-state index contributed by atoms with van der Waals surface area (Å²) < 4.78 is 0. The van der Waals surface area contributed by atoms with E-state index in [9.17, 15) is 0 Å². The van der Waals surface area contributed by atoms with Crippen molar-refractivity contribution in [2.75, 3.05) is 26.2 Å². The van der Waals surface area contributed by atoms with Crippen LogP contribution in [0.1, 0.15) is 0 Å². The summed E-state index contributed by atoms with van der Waals surface area (Å²) in [6, 6.07) is 0. The van der Waals surface area contributed by atoms with E-state index in [1.165, 1.54) is 0 Å². The first-order chi connectivity index (χ1) is 11.3. The third-order valence-electron chi connectivity index (χ3n) is 1.64. The van der Waals surface area contributed by atoms with Crippen molar-refractivity contribution in [2.24, 2.45) is 80.3 Å². The predicted octanol–water partition coefficient (Wildman–Crippen LogP) is -7.66. The summed E-state index contributed by atoms with van der Waals surface area (Å²) >= 11 is 0. The van der Waals surface area contributed by atoms with Crippen molar-refractivity contribution in [3.63, 3.8) is 0 Å². The van der Waals surface area contributed by atoms with Gasteiger partial charge in [-0.1, -0.05) is 0 Å². The van der Waals surface area contributed by atoms with Crippen LogP contribution in [0.2, 0.25) is 0 Å². The summed E-state index contributed by atoms with van der Waals surface area (Å²) in [5.41, 5.74) is 68.4. The van der Waals surface area contributed by atoms with Crippen LogP contribution in [-0.4, -0.2) is 26.2 Å². The average Bonchev–Trinajstić information content (AvgIpc) is 2.49. The van der Waals surface area contributed by atoms with Gasteiger partial charge in [0.05, 0.1) is 0 Å². The summed E-state index contributed by atoms with van der Waals surface area (Å²) in [5, 5.41) is 3.03. The maximum absolute atomic E-state index is 5.17. The van der Waals surface area contributed by atoms with Gasteiger partial charge in [0.15, 0.2) is 0 Å². The monoisotopic (exact) mass is 367 g/mol. The topological polar surface area (TPSA) is 376 Å². The number of rotatable bonds is 4. The summed E-state index contributed by atoms with van der Waals surface area (Å²) in [5.74, 6) is -0.111. The first-order valence-corrected chi connectivity index (χ1v) is 6.74. The average molecular weight is 368 g/mol. The molecule has 25 heavy (non-hydrogen) atoms. The van der Waals surface area contributed by atoms with E-state index in [1.807, 2.05) is 0 Å². The summed E-state index contributed by atoms with van der Waals surface area (Å²) in [6.07, 6.45) is 0. The van der Waals surface area contributed by atoms with Crippen molar-refractivity contribution in [1.29, 1.82) is 0 Å². The fraction of sp³-hybridized carbons (Fsp3) is 0.400. The Labute approximate surface area is 147 Å². The van der Waals surface area contributed by atoms with Gasteiger partial charge >= 0.3 is 0 Å². The molecule has 29 N–H and O–H groups in total. The molecule has 0 saturated heterocycles. The molecule has 0 aliphatic carbocycles. The van der Waals surface area contributed by atoms with Gasteiger partial charge in [-0.3, -0.25) is 0 Å². The lowest BCUT2D eigenvalue weighted by Crippen LogP contribution is -2.27. The van der Waals surface area contributed by atoms with Gasteiger partial charge in [0, 0.05) is 26.2 Å². The van der Waals surface area contributed by atoms with Crippen LogP contribution in [0.25, 0.3) is 0 Å². The van der Waals surface area contributed by atoms with E-state index in [0.29, 0.717) is 13.1 Å². The van der Waals surface area contributed by atoms with Gasteiger partial charge in [0.2, 0.25) is 0 Å². The molecular formula is C10H37N15. The smallest absolute Gasteiger partial charge is 0.134 e. The number of nitrogens with one attached hydrogen (secondary N) is 1. The highest BCUT2D eigenvalue weighted by atomic mass is 14.9. The molecule has 0 aliphatic heterocycles. The molecule has 152 valence electrons. The Balaban J connectivity index is -0.000000118. The Kier molecular flexibility index (Phi) is 24.6. The predicted molar refractivity (Wildman–Crippen MR) is 102 cm³/mol. The first-order valence-electron chi connectivity index (χ1n) is 6.74. The van der Waals surface area contributed by atoms with Gasteiger partial charge in [0.25, 0.3) is 0 Å². The number of nitrogens with two attached hydrogens (primary N) is 14. The molecule has 0 aromatic rings. The minimum Gasteiger partial charge on any atom is -0.383 e. The maximum Gasteiger partial charge on any atom is 0.134 e. The zero-order chi connectivity index (χ0) is 21.0. The van der Waals surface area contributed by atoms with Crippen LogP contribution in [-0.2, 0) is 0 Å². The molecule has 0 fully saturated rings. The summed E-state index contributed by atoms with van der Waals surface area (Å²) in [6.45, 7) is 3.13. The van der Waals surface area contributed by atoms with E-state index in [-0.39, 0.29) is 34.9 Å². The van der Waals surface area contributed by atoms with Crippen LogP contribution in [0.4, 0.5) is 0 Å². The minimum atomic E-state index is -0.0185. The van der Waals surface area contributed by atoms with Crippen molar-refractivity contribution in [3.8, 4) is 0 Å². The number of hydrogen-bond donors (Lipinski definition) is 15. The highest BCUT2D eigenvalue weighted by Crippen LogP contribution is 1.63. The molecule has 0 radical (unpaired) electrons. The van der Waals surface area contributed by atoms with Crippen LogP contribution in [0.5, 0.6) is 0 Å². The molecule has 0 heterocycles. The lowest BCUT2D eigenvalue weighted by Gasteiger charge is -1.95. The van der Waals surface area contributed by atoms with Gasteiger partial charge in [0.1, 0.15) is 34.9 Å². The van der Waals surface area contributed by atoms with Crippen LogP contribution in [0, 0.1) is 0 Å². The molecule has 0 rings (SSSR count). The van der Waals surface area contributed by atoms with Gasteiger partial charge in [-0.15, -0.1) is 0 Å². The van der Waals surface area contributed by atoms with Crippen molar-refractivity contribution in [2.45, 2.75) is 0 Å². The second-order valence-corrected chi connectivity index (χ2v) is 4.06. The largest absolute Gasteiger partial charge is 0.383 e. The lowest BCUT2D eigenvalue weighted by atomic mass is 10.6. The molecule has 0 unspecified atom stereocenters. The quantitative estimate of drug-likeness (QED) is 0.205. The Bertz CT molecular complexity index is 289. The van der Waals surface area contributed by atoms with Gasteiger partial charge < -0.3 is 85.6 Å². The molecule has 0 aromatic heterocycles. The van der Waals surface area contributed by atoms with E-state index in [1.54, 1.807) is 0 Å². The molecule has 15 heteroatoms. The van der Waals surface area contributed by atoms with Crippen LogP contribution in [0.3, 0.4) is 0 Å². The first kappa shape index (κ1) is 29.7. The molecule has 0 amide bonds. The van der Waals surface area contributed by atoms with Crippen molar-refractivity contribution < 1.29 is 0 Å². The molecule has 0 spiro atoms. The fourth-order valence-electron chi connectivity index (χ4n) is 0.329. The molecule has 0 saturated carbocycles. The van der Waals surface area contributed by atoms with Crippen LogP contribution < -0.4 is 85.6 Å². The van der Waals surface area contributed by atoms with E-state index >= 15 is 0 Å². The third kappa shape index (κ3) is 44.9. The van der Waals surface area contributed by atoms with Crippen LogP contribution in [0.15, 0.2) is 34.9 Å². The Hall–Kier alpha value is -3.30. The van der Waals surface area contributed by atoms with E-state index in [4.69, 9.17) is 80.3 Å². The summed E-state index contributed by atoms with van der Waals surface area (Å²) in [4.78, 5) is 0. The second-order valence-electron chi connectivity index (χ2n) is 4.06. The highest BCUT2D eigenvalue weighted by molar-refractivity contribution is 4.97. The van der Waals surface area contributed by atoms with E-state index in [0.717, 1.165) is 13.1 Å². The molecule has 0 aliphatic rings. The molecule has 0 bridgehead atoms. The fourth-order valence-corrected chi connectivity index (χ4v) is 0.329. The third-order valence-corrected chi connectivity index (χ3v) is 1.64. The van der Waals surface area contributed by atoms with E-state index in [2.05, 4.69) is 5.32 Å². The van der Waals surface area contributed by atoms with E-state index < -0.39 is 0 Å². The van der Waals surface area contributed by atoms with Gasteiger partial charge in [-0.2, -0.15) is 0 Å². The maximum atomic E-state index is 5.17. The zero-order valence-electron chi connectivity index (χ0n) is 14.4. The summed E-state index contributed by atoms with van der Waals surface area (Å²) in [7, 11) is 0. The normalized spacial score (nSPS) is 7.92. The van der Waals surface area contributed by atoms with Crippen molar-refractivity contribution in [3.05, 3.63) is 34.9 Å². The Morgan fingerprint density at radius 2 is 0.560 bits per heavy atom. The second kappa shape index (κ2) is 20.7. The van der Waals surface area contributed by atoms with Crippen molar-refractivity contribution in [1.82, 2.24) is 5.32 Å².